The molecule has 0 atom stereocenters. The van der Waals surface area contributed by atoms with E-state index in [0.717, 1.165) is 0 Å². The minimum atomic E-state index is -0.667. The van der Waals surface area contributed by atoms with Gasteiger partial charge in [-0.2, -0.15) is 5.26 Å². The van der Waals surface area contributed by atoms with Gasteiger partial charge in [-0.15, -0.1) is 0 Å². The van der Waals surface area contributed by atoms with E-state index in [1.54, 1.807) is 12.3 Å². The zero-order chi connectivity index (χ0) is 9.31. The van der Waals surface area contributed by atoms with Crippen molar-refractivity contribution in [3.63, 3.8) is 0 Å². The SMILES string of the molecule is N#CC1(c2ccncn2)CC(=O)C1. The highest BCUT2D eigenvalue weighted by molar-refractivity contribution is 5.89. The number of aromatic nitrogens is 2. The number of hydrogen-bond donors (Lipinski definition) is 0. The third-order valence-corrected chi connectivity index (χ3v) is 2.28. The number of carbonyl (C=O) groups is 1. The van der Waals surface area contributed by atoms with Crippen molar-refractivity contribution < 1.29 is 4.79 Å². The Morgan fingerprint density at radius 3 is 2.77 bits per heavy atom. The van der Waals surface area contributed by atoms with E-state index in [-0.39, 0.29) is 5.78 Å². The highest BCUT2D eigenvalue weighted by Crippen LogP contribution is 2.39. The number of ketones is 1. The van der Waals surface area contributed by atoms with Crippen LogP contribution >= 0.6 is 0 Å². The lowest BCUT2D eigenvalue weighted by Crippen LogP contribution is -2.41. The lowest BCUT2D eigenvalue weighted by molar-refractivity contribution is -0.126. The minimum absolute atomic E-state index is 0.125. The molecule has 1 saturated carbocycles. The molecule has 4 heteroatoms. The molecular weight excluding hydrogens is 166 g/mol. The molecule has 1 aliphatic rings. The molecular formula is C9H7N3O. The fraction of sp³-hybridized carbons (Fsp3) is 0.333. The molecule has 13 heavy (non-hydrogen) atoms. The van der Waals surface area contributed by atoms with Crippen molar-refractivity contribution in [2.24, 2.45) is 0 Å². The highest BCUT2D eigenvalue weighted by atomic mass is 16.1. The predicted octanol–water partition coefficient (Wildman–Crippen LogP) is 0.601. The Morgan fingerprint density at radius 1 is 1.54 bits per heavy atom. The lowest BCUT2D eigenvalue weighted by Gasteiger charge is -2.32. The third-order valence-electron chi connectivity index (χ3n) is 2.28. The van der Waals surface area contributed by atoms with E-state index in [4.69, 9.17) is 5.26 Å². The van der Waals surface area contributed by atoms with E-state index in [2.05, 4.69) is 16.0 Å². The minimum Gasteiger partial charge on any atom is -0.300 e. The van der Waals surface area contributed by atoms with Gasteiger partial charge in [-0.05, 0) is 6.07 Å². The van der Waals surface area contributed by atoms with Crippen LogP contribution in [-0.4, -0.2) is 15.8 Å². The molecule has 1 heterocycles. The first kappa shape index (κ1) is 7.87. The second-order valence-electron chi connectivity index (χ2n) is 3.18. The molecule has 0 bridgehead atoms. The summed E-state index contributed by atoms with van der Waals surface area (Å²) in [5.41, 5.74) is -0.00961. The first-order valence-corrected chi connectivity index (χ1v) is 3.96. The van der Waals surface area contributed by atoms with Crippen molar-refractivity contribution in [1.82, 2.24) is 9.97 Å². The Kier molecular flexibility index (Phi) is 1.59. The zero-order valence-corrected chi connectivity index (χ0v) is 6.90. The van der Waals surface area contributed by atoms with Crippen molar-refractivity contribution in [3.8, 4) is 6.07 Å². The molecule has 0 spiro atoms. The van der Waals surface area contributed by atoms with E-state index in [1.807, 2.05) is 0 Å². The topological polar surface area (TPSA) is 66.6 Å². The molecule has 0 aliphatic heterocycles. The molecule has 0 aromatic carbocycles. The fourth-order valence-electron chi connectivity index (χ4n) is 1.51. The van der Waals surface area contributed by atoms with Crippen LogP contribution in [0, 0.1) is 11.3 Å². The summed E-state index contributed by atoms with van der Waals surface area (Å²) >= 11 is 0. The molecule has 0 N–H and O–H groups in total. The van der Waals surface area contributed by atoms with E-state index in [9.17, 15) is 4.79 Å². The van der Waals surface area contributed by atoms with E-state index in [1.165, 1.54) is 6.33 Å². The van der Waals surface area contributed by atoms with Gasteiger partial charge < -0.3 is 0 Å². The Bertz CT molecular complexity index is 372. The normalized spacial score (nSPS) is 18.8. The summed E-state index contributed by atoms with van der Waals surface area (Å²) in [4.78, 5) is 18.6. The summed E-state index contributed by atoms with van der Waals surface area (Å²) in [5, 5.41) is 8.95. The Labute approximate surface area is 75.2 Å². The smallest absolute Gasteiger partial charge is 0.136 e. The molecule has 1 aliphatic carbocycles. The van der Waals surface area contributed by atoms with Crippen LogP contribution in [0.5, 0.6) is 0 Å². The number of carbonyl (C=O) groups excluding carboxylic acids is 1. The predicted molar refractivity (Wildman–Crippen MR) is 43.6 cm³/mol. The second kappa shape index (κ2) is 2.63. The average Bonchev–Trinajstić information content (AvgIpc) is 2.14. The van der Waals surface area contributed by atoms with Gasteiger partial charge >= 0.3 is 0 Å². The Balaban J connectivity index is 2.36. The molecule has 1 fully saturated rings. The quantitative estimate of drug-likeness (QED) is 0.623. The number of nitrogens with zero attached hydrogens (tertiary/aromatic N) is 3. The van der Waals surface area contributed by atoms with Crippen LogP contribution in [0.3, 0.4) is 0 Å². The number of Topliss-reactive ketones (excluding diaryl/α,β-unsaturated/α-hetero) is 1. The molecule has 64 valence electrons. The summed E-state index contributed by atoms with van der Waals surface area (Å²) in [6, 6.07) is 3.84. The molecule has 0 amide bonds. The number of rotatable bonds is 1. The summed E-state index contributed by atoms with van der Waals surface area (Å²) in [5.74, 6) is 0.125. The molecule has 0 unspecified atom stereocenters. The van der Waals surface area contributed by atoms with Gasteiger partial charge in [-0.3, -0.25) is 4.79 Å². The average molecular weight is 173 g/mol. The maximum absolute atomic E-state index is 10.9. The Morgan fingerprint density at radius 2 is 2.31 bits per heavy atom. The van der Waals surface area contributed by atoms with Gasteiger partial charge in [0.15, 0.2) is 0 Å². The lowest BCUT2D eigenvalue weighted by atomic mass is 9.67. The summed E-state index contributed by atoms with van der Waals surface area (Å²) in [7, 11) is 0. The van der Waals surface area contributed by atoms with E-state index >= 15 is 0 Å². The van der Waals surface area contributed by atoms with E-state index < -0.39 is 5.41 Å². The number of hydrogen-bond acceptors (Lipinski definition) is 4. The van der Waals surface area contributed by atoms with Crippen molar-refractivity contribution in [3.05, 3.63) is 24.3 Å². The Hall–Kier alpha value is -1.76. The standard InChI is InChI=1S/C9H7N3O/c10-5-9(3-7(13)4-9)8-1-2-11-6-12-8/h1-2,6H,3-4H2. The monoisotopic (exact) mass is 173 g/mol. The molecule has 1 aromatic rings. The molecule has 2 rings (SSSR count). The van der Waals surface area contributed by atoms with Gasteiger partial charge in [-0.25, -0.2) is 9.97 Å². The van der Waals surface area contributed by atoms with Crippen LogP contribution in [0.4, 0.5) is 0 Å². The van der Waals surface area contributed by atoms with Crippen LogP contribution < -0.4 is 0 Å². The maximum atomic E-state index is 10.9. The summed E-state index contributed by atoms with van der Waals surface area (Å²) in [6.45, 7) is 0. The van der Waals surface area contributed by atoms with Gasteiger partial charge in [0.2, 0.25) is 0 Å². The fourth-order valence-corrected chi connectivity index (χ4v) is 1.51. The van der Waals surface area contributed by atoms with Crippen LogP contribution in [0.15, 0.2) is 18.6 Å². The van der Waals surface area contributed by atoms with Gasteiger partial charge in [0.05, 0.1) is 11.8 Å². The van der Waals surface area contributed by atoms with E-state index in [0.29, 0.717) is 18.5 Å². The zero-order valence-electron chi connectivity index (χ0n) is 6.90. The van der Waals surface area contributed by atoms with Crippen molar-refractivity contribution in [2.45, 2.75) is 18.3 Å². The van der Waals surface area contributed by atoms with Crippen LogP contribution in [0.25, 0.3) is 0 Å². The molecule has 0 radical (unpaired) electrons. The van der Waals surface area contributed by atoms with Gasteiger partial charge in [-0.1, -0.05) is 0 Å². The van der Waals surface area contributed by atoms with Gasteiger partial charge in [0.1, 0.15) is 17.5 Å². The van der Waals surface area contributed by atoms with Crippen LogP contribution in [0.2, 0.25) is 0 Å². The van der Waals surface area contributed by atoms with Gasteiger partial charge in [0, 0.05) is 19.0 Å². The number of nitriles is 1. The van der Waals surface area contributed by atoms with Crippen LogP contribution in [-0.2, 0) is 10.2 Å². The highest BCUT2D eigenvalue weighted by Gasteiger charge is 2.46. The van der Waals surface area contributed by atoms with Crippen molar-refractivity contribution in [2.75, 3.05) is 0 Å². The molecule has 1 aromatic heterocycles. The molecule has 4 nitrogen and oxygen atoms in total. The second-order valence-corrected chi connectivity index (χ2v) is 3.18. The third kappa shape index (κ3) is 1.09. The van der Waals surface area contributed by atoms with Crippen LogP contribution in [0.1, 0.15) is 18.5 Å². The summed E-state index contributed by atoms with van der Waals surface area (Å²) < 4.78 is 0. The summed E-state index contributed by atoms with van der Waals surface area (Å²) in [6.07, 6.45) is 3.57. The molecule has 0 saturated heterocycles. The van der Waals surface area contributed by atoms with Crippen molar-refractivity contribution >= 4 is 5.78 Å². The first-order valence-electron chi connectivity index (χ1n) is 3.96. The maximum Gasteiger partial charge on any atom is 0.136 e. The van der Waals surface area contributed by atoms with Gasteiger partial charge in [0.25, 0.3) is 0 Å². The first-order chi connectivity index (χ1) is 6.27. The van der Waals surface area contributed by atoms with Crippen molar-refractivity contribution in [1.29, 1.82) is 5.26 Å². The largest absolute Gasteiger partial charge is 0.300 e.